The Morgan fingerprint density at radius 1 is 1.50 bits per heavy atom. The topological polar surface area (TPSA) is 50.9 Å². The molecule has 1 heterocycles. The Hall–Kier alpha value is -1.00. The number of hydrogen-bond acceptors (Lipinski definition) is 3. The maximum Gasteiger partial charge on any atom is 0.232 e. The molecule has 0 aromatic rings. The van der Waals surface area contributed by atoms with Crippen molar-refractivity contribution in [3.05, 3.63) is 5.21 Å². The highest BCUT2D eigenvalue weighted by atomic mass is 16.7. The van der Waals surface area contributed by atoms with Crippen LogP contribution in [0.25, 0.3) is 0 Å². The highest BCUT2D eigenvalue weighted by Gasteiger charge is 2.17. The predicted octanol–water partition coefficient (Wildman–Crippen LogP) is 0.521. The summed E-state index contributed by atoms with van der Waals surface area (Å²) in [6.45, 7) is 1.58. The van der Waals surface area contributed by atoms with Crippen molar-refractivity contribution in [3.63, 3.8) is 0 Å². The number of hydrazine groups is 1. The minimum Gasteiger partial charge on any atom is -0.569 e. The molecule has 0 amide bonds. The van der Waals surface area contributed by atoms with Gasteiger partial charge in [-0.15, -0.1) is 5.01 Å². The lowest BCUT2D eigenvalue weighted by molar-refractivity contribution is -0.706. The zero-order valence-corrected chi connectivity index (χ0v) is 5.99. The minimum absolute atomic E-state index is 0.507. The van der Waals surface area contributed by atoms with Gasteiger partial charge >= 0.3 is 0 Å². The van der Waals surface area contributed by atoms with Gasteiger partial charge in [0.1, 0.15) is 7.11 Å². The smallest absolute Gasteiger partial charge is 0.232 e. The zero-order valence-electron chi connectivity index (χ0n) is 5.99. The standard InChI is InChI=1S/C5H11N3O2/c1-10-6-8(9)7-4-2-3-5-7/h2-5H2,1H3/b8-6-. The molecule has 0 radical (unpaired) electrons. The van der Waals surface area contributed by atoms with E-state index in [1.165, 1.54) is 7.11 Å². The van der Waals surface area contributed by atoms with Crippen LogP contribution in [0.4, 0.5) is 0 Å². The van der Waals surface area contributed by atoms with Crippen molar-refractivity contribution in [2.75, 3.05) is 20.2 Å². The summed E-state index contributed by atoms with van der Waals surface area (Å²) in [5.41, 5.74) is 0. The Kier molecular flexibility index (Phi) is 2.30. The normalized spacial score (nSPS) is 19.7. The van der Waals surface area contributed by atoms with E-state index in [4.69, 9.17) is 0 Å². The summed E-state index contributed by atoms with van der Waals surface area (Å²) in [7, 11) is 1.36. The van der Waals surface area contributed by atoms with Crippen molar-refractivity contribution in [3.8, 4) is 0 Å². The lowest BCUT2D eigenvalue weighted by Gasteiger charge is -2.08. The van der Waals surface area contributed by atoms with Gasteiger partial charge in [0.15, 0.2) is 0 Å². The highest BCUT2D eigenvalue weighted by Crippen LogP contribution is 2.06. The van der Waals surface area contributed by atoms with Gasteiger partial charge < -0.3 is 10.0 Å². The Balaban J connectivity index is 2.39. The summed E-state index contributed by atoms with van der Waals surface area (Å²) in [6, 6.07) is 0. The molecule has 0 atom stereocenters. The van der Waals surface area contributed by atoms with E-state index in [1.807, 2.05) is 0 Å². The van der Waals surface area contributed by atoms with Crippen LogP contribution in [0.15, 0.2) is 5.28 Å². The molecule has 0 bridgehead atoms. The van der Waals surface area contributed by atoms with Crippen molar-refractivity contribution in [1.82, 2.24) is 5.01 Å². The molecule has 1 aliphatic rings. The molecule has 5 heteroatoms. The predicted molar refractivity (Wildman–Crippen MR) is 33.9 cm³/mol. The quantitative estimate of drug-likeness (QED) is 0.323. The van der Waals surface area contributed by atoms with E-state index < -0.39 is 0 Å². The number of nitrogens with zero attached hydrogens (tertiary/aromatic N) is 3. The molecule has 1 saturated heterocycles. The van der Waals surface area contributed by atoms with E-state index >= 15 is 0 Å². The second-order valence-electron chi connectivity index (χ2n) is 2.18. The fourth-order valence-corrected chi connectivity index (χ4v) is 0.993. The van der Waals surface area contributed by atoms with E-state index in [9.17, 15) is 5.21 Å². The Morgan fingerprint density at radius 3 is 2.60 bits per heavy atom. The van der Waals surface area contributed by atoms with Gasteiger partial charge in [0.2, 0.25) is 5.28 Å². The lowest BCUT2D eigenvalue weighted by Crippen LogP contribution is -2.27. The molecule has 0 unspecified atom stereocenters. The maximum atomic E-state index is 10.8. The van der Waals surface area contributed by atoms with E-state index in [-0.39, 0.29) is 0 Å². The third kappa shape index (κ3) is 1.49. The van der Waals surface area contributed by atoms with E-state index in [0.717, 1.165) is 25.9 Å². The molecule has 5 nitrogen and oxygen atoms in total. The number of hydrogen-bond donors (Lipinski definition) is 0. The molecule has 0 spiro atoms. The fraction of sp³-hybridized carbons (Fsp3) is 1.00. The fourth-order valence-electron chi connectivity index (χ4n) is 0.993. The Morgan fingerprint density at radius 2 is 2.10 bits per heavy atom. The van der Waals surface area contributed by atoms with Crippen molar-refractivity contribution in [2.45, 2.75) is 12.8 Å². The molecular weight excluding hydrogens is 134 g/mol. The van der Waals surface area contributed by atoms with E-state index in [1.54, 1.807) is 5.01 Å². The SMILES string of the molecule is CO/N=[N+](\[O-])N1CCCC1. The van der Waals surface area contributed by atoms with Gasteiger partial charge in [-0.05, 0) is 12.8 Å². The zero-order chi connectivity index (χ0) is 7.40. The van der Waals surface area contributed by atoms with Crippen LogP contribution >= 0.6 is 0 Å². The first-order chi connectivity index (χ1) is 4.84. The van der Waals surface area contributed by atoms with Crippen LogP contribution in [0.2, 0.25) is 0 Å². The molecule has 1 fully saturated rings. The molecule has 10 heavy (non-hydrogen) atoms. The summed E-state index contributed by atoms with van der Waals surface area (Å²) >= 11 is 0. The van der Waals surface area contributed by atoms with Gasteiger partial charge in [0.25, 0.3) is 0 Å². The van der Waals surface area contributed by atoms with Crippen molar-refractivity contribution in [1.29, 1.82) is 0 Å². The van der Waals surface area contributed by atoms with Crippen molar-refractivity contribution < 1.29 is 9.81 Å². The van der Waals surface area contributed by atoms with Gasteiger partial charge in [-0.25, -0.2) is 0 Å². The largest absolute Gasteiger partial charge is 0.569 e. The summed E-state index contributed by atoms with van der Waals surface area (Å²) in [5.74, 6) is 0. The molecule has 0 saturated carbocycles. The molecule has 1 aliphatic heterocycles. The molecular formula is C5H11N3O2. The second kappa shape index (κ2) is 3.24. The van der Waals surface area contributed by atoms with Crippen LogP contribution < -0.4 is 0 Å². The molecule has 0 N–H and O–H groups in total. The third-order valence-electron chi connectivity index (χ3n) is 1.48. The summed E-state index contributed by atoms with van der Waals surface area (Å²) in [6.07, 6.45) is 2.13. The summed E-state index contributed by atoms with van der Waals surface area (Å²) in [4.78, 5) is 4.82. The van der Waals surface area contributed by atoms with E-state index in [2.05, 4.69) is 10.1 Å². The van der Waals surface area contributed by atoms with Gasteiger partial charge in [-0.3, -0.25) is 0 Å². The summed E-state index contributed by atoms with van der Waals surface area (Å²) < 4.78 is 0. The molecule has 58 valence electrons. The second-order valence-corrected chi connectivity index (χ2v) is 2.18. The molecule has 1 rings (SSSR count). The van der Waals surface area contributed by atoms with Gasteiger partial charge in [0, 0.05) is 0 Å². The average Bonchev–Trinajstić information content (AvgIpc) is 2.38. The van der Waals surface area contributed by atoms with Gasteiger partial charge in [-0.1, -0.05) is 0 Å². The Bertz CT molecular complexity index is 131. The first-order valence-electron chi connectivity index (χ1n) is 3.31. The molecule has 0 aromatic heterocycles. The van der Waals surface area contributed by atoms with Crippen LogP contribution in [0, 0.1) is 5.21 Å². The first-order valence-corrected chi connectivity index (χ1v) is 3.31. The van der Waals surface area contributed by atoms with Crippen molar-refractivity contribution >= 4 is 0 Å². The van der Waals surface area contributed by atoms with Gasteiger partial charge in [0.05, 0.1) is 18.1 Å². The third-order valence-corrected chi connectivity index (χ3v) is 1.48. The maximum absolute atomic E-state index is 10.8. The first kappa shape index (κ1) is 7.11. The number of rotatable bonds is 2. The lowest BCUT2D eigenvalue weighted by atomic mass is 10.4. The molecule has 0 aliphatic carbocycles. The van der Waals surface area contributed by atoms with Crippen LogP contribution in [0.5, 0.6) is 0 Å². The molecule has 0 aromatic carbocycles. The minimum atomic E-state index is 0.507. The van der Waals surface area contributed by atoms with Crippen LogP contribution in [0.1, 0.15) is 12.8 Å². The van der Waals surface area contributed by atoms with E-state index in [0.29, 0.717) is 4.97 Å². The monoisotopic (exact) mass is 145 g/mol. The van der Waals surface area contributed by atoms with Crippen LogP contribution in [-0.2, 0) is 4.84 Å². The van der Waals surface area contributed by atoms with Crippen molar-refractivity contribution in [2.24, 2.45) is 5.28 Å². The summed E-state index contributed by atoms with van der Waals surface area (Å²) in [5, 5.41) is 15.6. The average molecular weight is 145 g/mol. The van der Waals surface area contributed by atoms with Crippen LogP contribution in [-0.4, -0.2) is 30.2 Å². The Labute approximate surface area is 59.4 Å². The van der Waals surface area contributed by atoms with Crippen LogP contribution in [0.3, 0.4) is 0 Å². The highest BCUT2D eigenvalue weighted by molar-refractivity contribution is 4.55. The van der Waals surface area contributed by atoms with Gasteiger partial charge in [-0.2, -0.15) is 0 Å².